The lowest BCUT2D eigenvalue weighted by Gasteiger charge is -2.22. The van der Waals surface area contributed by atoms with E-state index in [9.17, 15) is 0 Å². The number of para-hydroxylation sites is 1. The minimum atomic E-state index is 0.798. The maximum absolute atomic E-state index is 6.56. The average Bonchev–Trinajstić information content (AvgIpc) is 3.09. The van der Waals surface area contributed by atoms with E-state index in [4.69, 9.17) is 10.7 Å². The van der Waals surface area contributed by atoms with Crippen molar-refractivity contribution in [3.63, 3.8) is 0 Å². The van der Waals surface area contributed by atoms with Crippen LogP contribution in [0.4, 0.5) is 11.5 Å². The SMILES string of the molecule is Nc1c(N2CCCC2)nc2ccccc2c1-c1ccccc1. The van der Waals surface area contributed by atoms with Gasteiger partial charge in [0, 0.05) is 24.0 Å². The van der Waals surface area contributed by atoms with E-state index in [-0.39, 0.29) is 0 Å². The molecule has 2 aromatic carbocycles. The van der Waals surface area contributed by atoms with Crippen LogP contribution in [-0.4, -0.2) is 18.1 Å². The number of aromatic nitrogens is 1. The second-order valence-corrected chi connectivity index (χ2v) is 5.80. The first kappa shape index (κ1) is 13.1. The van der Waals surface area contributed by atoms with Crippen LogP contribution in [0.2, 0.25) is 0 Å². The molecule has 1 fully saturated rings. The number of hydrogen-bond donors (Lipinski definition) is 1. The van der Waals surface area contributed by atoms with Gasteiger partial charge in [-0.15, -0.1) is 0 Å². The normalized spacial score (nSPS) is 14.6. The van der Waals surface area contributed by atoms with Gasteiger partial charge in [0.25, 0.3) is 0 Å². The van der Waals surface area contributed by atoms with Crippen LogP contribution < -0.4 is 10.6 Å². The first-order valence-electron chi connectivity index (χ1n) is 7.83. The van der Waals surface area contributed by atoms with Gasteiger partial charge in [-0.1, -0.05) is 48.5 Å². The molecule has 0 saturated carbocycles. The molecule has 0 amide bonds. The Hall–Kier alpha value is -2.55. The predicted molar refractivity (Wildman–Crippen MR) is 93.0 cm³/mol. The Balaban J connectivity index is 2.02. The van der Waals surface area contributed by atoms with Crippen molar-refractivity contribution in [2.45, 2.75) is 12.8 Å². The van der Waals surface area contributed by atoms with Gasteiger partial charge in [0.1, 0.15) is 0 Å². The van der Waals surface area contributed by atoms with Crippen LogP contribution in [0.25, 0.3) is 22.0 Å². The second kappa shape index (κ2) is 5.34. The Morgan fingerprint density at radius 3 is 2.32 bits per heavy atom. The van der Waals surface area contributed by atoms with Crippen LogP contribution in [0.5, 0.6) is 0 Å². The number of anilines is 2. The highest BCUT2D eigenvalue weighted by Crippen LogP contribution is 2.39. The molecule has 22 heavy (non-hydrogen) atoms. The molecule has 0 radical (unpaired) electrons. The van der Waals surface area contributed by atoms with E-state index >= 15 is 0 Å². The molecule has 1 saturated heterocycles. The van der Waals surface area contributed by atoms with Gasteiger partial charge in [0.15, 0.2) is 5.82 Å². The van der Waals surface area contributed by atoms with E-state index in [0.29, 0.717) is 0 Å². The van der Waals surface area contributed by atoms with Gasteiger partial charge in [0.05, 0.1) is 11.2 Å². The summed E-state index contributed by atoms with van der Waals surface area (Å²) in [7, 11) is 0. The molecule has 0 spiro atoms. The highest BCUT2D eigenvalue weighted by Gasteiger charge is 2.20. The Bertz CT molecular complexity index is 806. The van der Waals surface area contributed by atoms with Crippen LogP contribution in [0.1, 0.15) is 12.8 Å². The fourth-order valence-corrected chi connectivity index (χ4v) is 3.30. The topological polar surface area (TPSA) is 42.1 Å². The van der Waals surface area contributed by atoms with Crippen molar-refractivity contribution in [3.05, 3.63) is 54.6 Å². The number of rotatable bonds is 2. The molecule has 3 nitrogen and oxygen atoms in total. The number of benzene rings is 2. The molecule has 1 aliphatic rings. The molecule has 4 rings (SSSR count). The highest BCUT2D eigenvalue weighted by atomic mass is 15.2. The third kappa shape index (κ3) is 2.10. The van der Waals surface area contributed by atoms with Crippen molar-refractivity contribution in [2.75, 3.05) is 23.7 Å². The minimum Gasteiger partial charge on any atom is -0.395 e. The van der Waals surface area contributed by atoms with Crippen LogP contribution >= 0.6 is 0 Å². The number of pyridine rings is 1. The van der Waals surface area contributed by atoms with Gasteiger partial charge >= 0.3 is 0 Å². The molecule has 3 heteroatoms. The molecule has 0 bridgehead atoms. The van der Waals surface area contributed by atoms with Crippen LogP contribution in [0, 0.1) is 0 Å². The third-order valence-electron chi connectivity index (χ3n) is 4.38. The van der Waals surface area contributed by atoms with Crippen molar-refractivity contribution in [1.82, 2.24) is 4.98 Å². The molecular formula is C19H19N3. The molecule has 0 aliphatic carbocycles. The van der Waals surface area contributed by atoms with Gasteiger partial charge in [-0.25, -0.2) is 4.98 Å². The average molecular weight is 289 g/mol. The highest BCUT2D eigenvalue weighted by molar-refractivity contribution is 6.03. The Kier molecular flexibility index (Phi) is 3.19. The number of nitrogens with zero attached hydrogens (tertiary/aromatic N) is 2. The summed E-state index contributed by atoms with van der Waals surface area (Å²) < 4.78 is 0. The Morgan fingerprint density at radius 2 is 1.55 bits per heavy atom. The number of nitrogen functional groups attached to an aromatic ring is 1. The maximum atomic E-state index is 6.56. The van der Waals surface area contributed by atoms with Gasteiger partial charge in [0.2, 0.25) is 0 Å². The largest absolute Gasteiger partial charge is 0.395 e. The van der Waals surface area contributed by atoms with Crippen LogP contribution in [0.3, 0.4) is 0 Å². The molecule has 110 valence electrons. The van der Waals surface area contributed by atoms with Gasteiger partial charge in [-0.05, 0) is 24.5 Å². The predicted octanol–water partition coefficient (Wildman–Crippen LogP) is 4.08. The summed E-state index contributed by atoms with van der Waals surface area (Å²) in [6, 6.07) is 18.6. The fraction of sp³-hybridized carbons (Fsp3) is 0.211. The molecule has 2 N–H and O–H groups in total. The zero-order valence-corrected chi connectivity index (χ0v) is 12.5. The lowest BCUT2D eigenvalue weighted by atomic mass is 9.99. The number of hydrogen-bond acceptors (Lipinski definition) is 3. The van der Waals surface area contributed by atoms with E-state index < -0.39 is 0 Å². The summed E-state index contributed by atoms with van der Waals surface area (Å²) in [5.74, 6) is 0.940. The number of nitrogens with two attached hydrogens (primary N) is 1. The van der Waals surface area contributed by atoms with E-state index in [1.54, 1.807) is 0 Å². The summed E-state index contributed by atoms with van der Waals surface area (Å²) >= 11 is 0. The lowest BCUT2D eigenvalue weighted by molar-refractivity contribution is 0.946. The summed E-state index contributed by atoms with van der Waals surface area (Å²) in [4.78, 5) is 7.16. The summed E-state index contributed by atoms with van der Waals surface area (Å²) in [6.45, 7) is 2.09. The molecule has 0 unspecified atom stereocenters. The standard InChI is InChI=1S/C19H19N3/c20-18-17(14-8-2-1-3-9-14)15-10-4-5-11-16(15)21-19(18)22-12-6-7-13-22/h1-5,8-11H,6-7,12-13,20H2. The Labute approximate surface area is 130 Å². The van der Waals surface area contributed by atoms with Gasteiger partial charge in [-0.2, -0.15) is 0 Å². The quantitative estimate of drug-likeness (QED) is 0.773. The maximum Gasteiger partial charge on any atom is 0.153 e. The molecule has 0 atom stereocenters. The van der Waals surface area contributed by atoms with Crippen LogP contribution in [-0.2, 0) is 0 Å². The second-order valence-electron chi connectivity index (χ2n) is 5.80. The zero-order chi connectivity index (χ0) is 14.9. The molecule has 1 aromatic heterocycles. The van der Waals surface area contributed by atoms with Gasteiger partial charge < -0.3 is 10.6 Å². The monoisotopic (exact) mass is 289 g/mol. The minimum absolute atomic E-state index is 0.798. The van der Waals surface area contributed by atoms with Crippen molar-refractivity contribution in [2.24, 2.45) is 0 Å². The van der Waals surface area contributed by atoms with E-state index in [0.717, 1.165) is 46.6 Å². The number of fused-ring (bicyclic) bond motifs is 1. The first-order valence-corrected chi connectivity index (χ1v) is 7.83. The molecule has 3 aromatic rings. The molecule has 1 aliphatic heterocycles. The summed E-state index contributed by atoms with van der Waals surface area (Å²) in [6.07, 6.45) is 2.43. The molecular weight excluding hydrogens is 270 g/mol. The van der Waals surface area contributed by atoms with Crippen molar-refractivity contribution in [1.29, 1.82) is 0 Å². The van der Waals surface area contributed by atoms with Crippen molar-refractivity contribution in [3.8, 4) is 11.1 Å². The Morgan fingerprint density at radius 1 is 0.864 bits per heavy atom. The lowest BCUT2D eigenvalue weighted by Crippen LogP contribution is -2.21. The van der Waals surface area contributed by atoms with Crippen molar-refractivity contribution >= 4 is 22.4 Å². The molecule has 2 heterocycles. The fourth-order valence-electron chi connectivity index (χ4n) is 3.30. The zero-order valence-electron chi connectivity index (χ0n) is 12.5. The summed E-state index contributed by atoms with van der Waals surface area (Å²) in [5.41, 5.74) is 10.6. The van der Waals surface area contributed by atoms with Crippen LogP contribution in [0.15, 0.2) is 54.6 Å². The van der Waals surface area contributed by atoms with E-state index in [1.165, 1.54) is 12.8 Å². The first-order chi connectivity index (χ1) is 10.8. The van der Waals surface area contributed by atoms with E-state index in [2.05, 4.69) is 41.3 Å². The van der Waals surface area contributed by atoms with E-state index in [1.807, 2.05) is 18.2 Å². The van der Waals surface area contributed by atoms with Crippen molar-refractivity contribution < 1.29 is 0 Å². The third-order valence-corrected chi connectivity index (χ3v) is 4.38. The van der Waals surface area contributed by atoms with Gasteiger partial charge in [-0.3, -0.25) is 0 Å². The smallest absolute Gasteiger partial charge is 0.153 e. The summed E-state index contributed by atoms with van der Waals surface area (Å²) in [5, 5.41) is 1.12.